The Hall–Kier alpha value is -4.69. The summed E-state index contributed by atoms with van der Waals surface area (Å²) >= 11 is 6.37. The first-order valence-electron chi connectivity index (χ1n) is 11.0. The van der Waals surface area contributed by atoms with Gasteiger partial charge in [0, 0.05) is 12.2 Å². The highest BCUT2D eigenvalue weighted by Gasteiger charge is 2.21. The minimum absolute atomic E-state index is 0.0296. The molecule has 4 aromatic rings. The molecule has 0 fully saturated rings. The predicted octanol–water partition coefficient (Wildman–Crippen LogP) is 3.60. The number of benzene rings is 2. The lowest BCUT2D eigenvalue weighted by molar-refractivity contribution is 0.252. The van der Waals surface area contributed by atoms with E-state index in [1.54, 1.807) is 49.4 Å². The zero-order valence-corrected chi connectivity index (χ0v) is 20.2. The molecule has 2 heterocycles. The standard InChI is InChI=1S/C24H22ClN9O2/c1-3-28-24(36)32-14-6-4-7-15(10-14)34-22(33-18-9-5-8-17(25)19(18)23(34)35)13(2)31-21-16(11-26)20(27)29-12-30-21/h4-10,12-13H,3H2,1-2H3,(H2,28,32,36)(H3,27,29,30,31). The number of nitrogens with one attached hydrogen (secondary N) is 3. The lowest BCUT2D eigenvalue weighted by Crippen LogP contribution is -2.29. The summed E-state index contributed by atoms with van der Waals surface area (Å²) in [6, 6.07) is 12.8. The number of aromatic nitrogens is 4. The van der Waals surface area contributed by atoms with E-state index >= 15 is 0 Å². The normalized spacial score (nSPS) is 11.5. The Balaban J connectivity index is 1.88. The van der Waals surface area contributed by atoms with Crippen LogP contribution in [0, 0.1) is 11.3 Å². The van der Waals surface area contributed by atoms with Crippen LogP contribution >= 0.6 is 11.6 Å². The van der Waals surface area contributed by atoms with E-state index in [4.69, 9.17) is 22.3 Å². The van der Waals surface area contributed by atoms with Crippen molar-refractivity contribution in [1.29, 1.82) is 5.26 Å². The van der Waals surface area contributed by atoms with E-state index in [9.17, 15) is 14.9 Å². The molecule has 2 amide bonds. The van der Waals surface area contributed by atoms with Gasteiger partial charge in [-0.15, -0.1) is 0 Å². The molecule has 0 aliphatic carbocycles. The third kappa shape index (κ3) is 4.75. The number of hydrogen-bond acceptors (Lipinski definition) is 8. The number of anilines is 3. The number of nitrogens with two attached hydrogens (primary N) is 1. The molecule has 2 aromatic carbocycles. The highest BCUT2D eigenvalue weighted by Crippen LogP contribution is 2.26. The maximum Gasteiger partial charge on any atom is 0.319 e. The van der Waals surface area contributed by atoms with E-state index in [2.05, 4.69) is 25.9 Å². The number of rotatable bonds is 6. The molecule has 11 nitrogen and oxygen atoms in total. The van der Waals surface area contributed by atoms with Gasteiger partial charge >= 0.3 is 6.03 Å². The number of halogens is 1. The van der Waals surface area contributed by atoms with Crippen LogP contribution in [-0.2, 0) is 0 Å². The SMILES string of the molecule is CCNC(=O)Nc1cccc(-n2c(C(C)Nc3ncnc(N)c3C#N)nc3cccc(Cl)c3c2=O)c1. The molecule has 1 atom stereocenters. The predicted molar refractivity (Wildman–Crippen MR) is 138 cm³/mol. The van der Waals surface area contributed by atoms with E-state index in [0.717, 1.165) is 0 Å². The second-order valence-corrected chi connectivity index (χ2v) is 8.15. The Kier molecular flexibility index (Phi) is 6.98. The quantitative estimate of drug-likeness (QED) is 0.310. The monoisotopic (exact) mass is 503 g/mol. The van der Waals surface area contributed by atoms with Crippen LogP contribution in [0.5, 0.6) is 0 Å². The zero-order chi connectivity index (χ0) is 25.8. The van der Waals surface area contributed by atoms with Gasteiger partial charge in [0.15, 0.2) is 0 Å². The number of fused-ring (bicyclic) bond motifs is 1. The summed E-state index contributed by atoms with van der Waals surface area (Å²) in [5, 5.41) is 18.5. The lowest BCUT2D eigenvalue weighted by atomic mass is 10.2. The maximum absolute atomic E-state index is 13.8. The van der Waals surface area contributed by atoms with E-state index < -0.39 is 11.6 Å². The van der Waals surface area contributed by atoms with Crippen molar-refractivity contribution in [2.75, 3.05) is 22.9 Å². The second-order valence-electron chi connectivity index (χ2n) is 7.74. The van der Waals surface area contributed by atoms with Gasteiger partial charge in [-0.1, -0.05) is 23.7 Å². The van der Waals surface area contributed by atoms with Gasteiger partial charge in [0.1, 0.15) is 35.4 Å². The van der Waals surface area contributed by atoms with Crippen LogP contribution in [0.4, 0.5) is 22.1 Å². The van der Waals surface area contributed by atoms with Crippen LogP contribution in [0.2, 0.25) is 5.02 Å². The van der Waals surface area contributed by atoms with Crippen molar-refractivity contribution in [2.24, 2.45) is 0 Å². The van der Waals surface area contributed by atoms with E-state index in [1.807, 2.05) is 13.0 Å². The van der Waals surface area contributed by atoms with Gasteiger partial charge in [0.25, 0.3) is 5.56 Å². The molecular formula is C24H22ClN9O2. The minimum Gasteiger partial charge on any atom is -0.382 e. The smallest absolute Gasteiger partial charge is 0.319 e. The molecule has 0 spiro atoms. The number of nitrogen functional groups attached to an aromatic ring is 1. The van der Waals surface area contributed by atoms with E-state index in [1.165, 1.54) is 10.9 Å². The fraction of sp³-hybridized carbons (Fsp3) is 0.167. The first kappa shape index (κ1) is 24.4. The molecule has 1 unspecified atom stereocenters. The fourth-order valence-corrected chi connectivity index (χ4v) is 3.94. The van der Waals surface area contributed by atoms with Crippen LogP contribution in [-0.4, -0.2) is 32.1 Å². The lowest BCUT2D eigenvalue weighted by Gasteiger charge is -2.21. The van der Waals surface area contributed by atoms with Gasteiger partial charge in [0.2, 0.25) is 0 Å². The molecule has 36 heavy (non-hydrogen) atoms. The summed E-state index contributed by atoms with van der Waals surface area (Å²) in [5.41, 5.74) is 6.85. The first-order chi connectivity index (χ1) is 17.3. The van der Waals surface area contributed by atoms with Crippen LogP contribution in [0.15, 0.2) is 53.6 Å². The van der Waals surface area contributed by atoms with E-state index in [-0.39, 0.29) is 33.6 Å². The van der Waals surface area contributed by atoms with Gasteiger partial charge in [-0.05, 0) is 44.2 Å². The average molecular weight is 504 g/mol. The summed E-state index contributed by atoms with van der Waals surface area (Å²) in [6.07, 6.45) is 1.24. The van der Waals surface area contributed by atoms with Gasteiger partial charge in [0.05, 0.1) is 27.7 Å². The molecule has 0 radical (unpaired) electrons. The zero-order valence-electron chi connectivity index (χ0n) is 19.4. The molecule has 2 aromatic heterocycles. The molecule has 0 bridgehead atoms. The number of nitrogens with zero attached hydrogens (tertiary/aromatic N) is 5. The summed E-state index contributed by atoms with van der Waals surface area (Å²) in [7, 11) is 0. The fourth-order valence-electron chi connectivity index (χ4n) is 3.69. The van der Waals surface area contributed by atoms with Crippen molar-refractivity contribution in [3.8, 4) is 11.8 Å². The summed E-state index contributed by atoms with van der Waals surface area (Å²) in [6.45, 7) is 4.04. The van der Waals surface area contributed by atoms with Crippen LogP contribution in [0.3, 0.4) is 0 Å². The molecule has 0 aliphatic heterocycles. The third-order valence-electron chi connectivity index (χ3n) is 5.30. The molecule has 4 rings (SSSR count). The van der Waals surface area contributed by atoms with Crippen molar-refractivity contribution >= 4 is 45.9 Å². The second kappa shape index (κ2) is 10.3. The topological polar surface area (TPSA) is 164 Å². The third-order valence-corrected chi connectivity index (χ3v) is 5.62. The Labute approximate surface area is 211 Å². The average Bonchev–Trinajstić information content (AvgIpc) is 2.84. The molecule has 12 heteroatoms. The molecular weight excluding hydrogens is 482 g/mol. The van der Waals surface area contributed by atoms with Crippen molar-refractivity contribution in [2.45, 2.75) is 19.9 Å². The number of nitriles is 1. The first-order valence-corrected chi connectivity index (χ1v) is 11.3. The number of hydrogen-bond donors (Lipinski definition) is 4. The molecule has 0 aliphatic rings. The number of urea groups is 1. The Morgan fingerprint density at radius 3 is 2.78 bits per heavy atom. The van der Waals surface area contributed by atoms with Crippen molar-refractivity contribution in [1.82, 2.24) is 24.8 Å². The molecule has 182 valence electrons. The van der Waals surface area contributed by atoms with Crippen molar-refractivity contribution < 1.29 is 4.79 Å². The number of amides is 2. The summed E-state index contributed by atoms with van der Waals surface area (Å²) in [5.74, 6) is 0.559. The van der Waals surface area contributed by atoms with Gasteiger partial charge in [-0.2, -0.15) is 5.26 Å². The molecule has 0 saturated heterocycles. The Morgan fingerprint density at radius 1 is 1.25 bits per heavy atom. The van der Waals surface area contributed by atoms with Gasteiger partial charge < -0.3 is 21.7 Å². The van der Waals surface area contributed by atoms with Crippen LogP contribution < -0.4 is 27.2 Å². The summed E-state index contributed by atoms with van der Waals surface area (Å²) in [4.78, 5) is 38.5. The number of carbonyl (C=O) groups is 1. The van der Waals surface area contributed by atoms with Crippen LogP contribution in [0.1, 0.15) is 31.3 Å². The Bertz CT molecular complexity index is 1560. The van der Waals surface area contributed by atoms with Crippen molar-refractivity contribution in [3.63, 3.8) is 0 Å². The van der Waals surface area contributed by atoms with Gasteiger partial charge in [-0.3, -0.25) is 9.36 Å². The highest BCUT2D eigenvalue weighted by molar-refractivity contribution is 6.35. The largest absolute Gasteiger partial charge is 0.382 e. The van der Waals surface area contributed by atoms with Gasteiger partial charge in [-0.25, -0.2) is 19.7 Å². The van der Waals surface area contributed by atoms with Crippen molar-refractivity contribution in [3.05, 3.63) is 75.6 Å². The summed E-state index contributed by atoms with van der Waals surface area (Å²) < 4.78 is 1.41. The maximum atomic E-state index is 13.8. The molecule has 5 N–H and O–H groups in total. The molecule has 0 saturated carbocycles. The Morgan fingerprint density at radius 2 is 2.03 bits per heavy atom. The number of carbonyl (C=O) groups excluding carboxylic acids is 1. The van der Waals surface area contributed by atoms with Crippen LogP contribution in [0.25, 0.3) is 16.6 Å². The minimum atomic E-state index is -0.609. The van der Waals surface area contributed by atoms with E-state index in [0.29, 0.717) is 29.3 Å². The highest BCUT2D eigenvalue weighted by atomic mass is 35.5.